The number of hydrogen-bond acceptors (Lipinski definition) is 3. The van der Waals surface area contributed by atoms with E-state index in [1.807, 2.05) is 4.90 Å². The van der Waals surface area contributed by atoms with E-state index in [0.29, 0.717) is 31.6 Å². The van der Waals surface area contributed by atoms with Crippen LogP contribution in [0.3, 0.4) is 0 Å². The highest BCUT2D eigenvalue weighted by atomic mass is 35.5. The number of primary amides is 1. The molecule has 2 rings (SSSR count). The van der Waals surface area contributed by atoms with Crippen molar-refractivity contribution in [3.05, 3.63) is 29.0 Å². The van der Waals surface area contributed by atoms with Gasteiger partial charge in [-0.05, 0) is 51.1 Å². The molecule has 1 aliphatic heterocycles. The van der Waals surface area contributed by atoms with E-state index < -0.39 is 5.82 Å². The van der Waals surface area contributed by atoms with Crippen LogP contribution in [0.25, 0.3) is 0 Å². The fourth-order valence-electron chi connectivity index (χ4n) is 2.56. The van der Waals surface area contributed by atoms with Crippen molar-refractivity contribution < 1.29 is 14.0 Å². The van der Waals surface area contributed by atoms with Crippen molar-refractivity contribution in [2.75, 3.05) is 18.4 Å². The Balaban J connectivity index is 1.92. The Morgan fingerprint density at radius 2 is 2.05 bits per heavy atom. The number of halogens is 2. The van der Waals surface area contributed by atoms with Gasteiger partial charge in [0.05, 0.1) is 11.1 Å². The topological polar surface area (TPSA) is 75.4 Å². The summed E-state index contributed by atoms with van der Waals surface area (Å²) in [6, 6.07) is 3.70. The van der Waals surface area contributed by atoms with Crippen molar-refractivity contribution in [1.82, 2.24) is 4.90 Å². The Bertz CT molecular complexity index is 574. The van der Waals surface area contributed by atoms with Crippen LogP contribution in [0.2, 0.25) is 5.02 Å². The zero-order chi connectivity index (χ0) is 16.3. The maximum absolute atomic E-state index is 13.1. The maximum Gasteiger partial charge on any atom is 0.241 e. The highest BCUT2D eigenvalue weighted by Crippen LogP contribution is 2.21. The van der Waals surface area contributed by atoms with Gasteiger partial charge in [0.15, 0.2) is 0 Å². The molecule has 0 unspecified atom stereocenters. The summed E-state index contributed by atoms with van der Waals surface area (Å²) >= 11 is 5.69. The molecule has 0 saturated carbocycles. The summed E-state index contributed by atoms with van der Waals surface area (Å²) < 4.78 is 13.1. The zero-order valence-corrected chi connectivity index (χ0v) is 13.1. The van der Waals surface area contributed by atoms with Gasteiger partial charge in [-0.25, -0.2) is 4.39 Å². The fourth-order valence-corrected chi connectivity index (χ4v) is 2.74. The summed E-state index contributed by atoms with van der Waals surface area (Å²) in [6.07, 6.45) is 1.32. The number of rotatable bonds is 4. The molecular formula is C15H19ClFN3O2. The molecule has 0 aliphatic carbocycles. The second-order valence-electron chi connectivity index (χ2n) is 5.51. The molecule has 1 heterocycles. The molecule has 1 aromatic carbocycles. The van der Waals surface area contributed by atoms with Gasteiger partial charge in [-0.1, -0.05) is 11.6 Å². The lowest BCUT2D eigenvalue weighted by molar-refractivity contribution is -0.124. The smallest absolute Gasteiger partial charge is 0.241 e. The molecule has 1 aliphatic rings. The molecule has 22 heavy (non-hydrogen) atoms. The van der Waals surface area contributed by atoms with Crippen LogP contribution in [0, 0.1) is 11.7 Å². The zero-order valence-electron chi connectivity index (χ0n) is 12.3. The third-order valence-corrected chi connectivity index (χ3v) is 4.34. The normalized spacial score (nSPS) is 18.0. The molecule has 0 radical (unpaired) electrons. The number of amides is 2. The van der Waals surface area contributed by atoms with E-state index in [9.17, 15) is 14.0 Å². The number of hydrogen-bond donors (Lipinski definition) is 2. The highest BCUT2D eigenvalue weighted by molar-refractivity contribution is 6.31. The minimum Gasteiger partial charge on any atom is -0.369 e. The predicted octanol–water partition coefficient (Wildman–Crippen LogP) is 2.00. The number of benzene rings is 1. The molecule has 0 spiro atoms. The molecule has 7 heteroatoms. The molecule has 0 aromatic heterocycles. The van der Waals surface area contributed by atoms with Crippen molar-refractivity contribution in [1.29, 1.82) is 0 Å². The third-order valence-electron chi connectivity index (χ3n) is 4.05. The quantitative estimate of drug-likeness (QED) is 0.888. The lowest BCUT2D eigenvalue weighted by atomic mass is 9.95. The van der Waals surface area contributed by atoms with Crippen molar-refractivity contribution in [3.8, 4) is 0 Å². The maximum atomic E-state index is 13.1. The molecule has 2 amide bonds. The lowest BCUT2D eigenvalue weighted by Gasteiger charge is -2.34. The molecule has 1 aromatic rings. The molecule has 3 N–H and O–H groups in total. The molecule has 1 atom stereocenters. The third kappa shape index (κ3) is 3.96. The monoisotopic (exact) mass is 327 g/mol. The minimum atomic E-state index is -0.527. The highest BCUT2D eigenvalue weighted by Gasteiger charge is 2.28. The average Bonchev–Trinajstić information content (AvgIpc) is 2.50. The fraction of sp³-hybridized carbons (Fsp3) is 0.467. The Morgan fingerprint density at radius 1 is 1.41 bits per heavy atom. The van der Waals surface area contributed by atoms with Crippen molar-refractivity contribution >= 4 is 29.1 Å². The van der Waals surface area contributed by atoms with Gasteiger partial charge in [0.2, 0.25) is 11.8 Å². The largest absolute Gasteiger partial charge is 0.369 e. The van der Waals surface area contributed by atoms with E-state index in [4.69, 9.17) is 17.3 Å². The van der Waals surface area contributed by atoms with Crippen molar-refractivity contribution in [3.63, 3.8) is 0 Å². The number of likely N-dealkylation sites (tertiary alicyclic amines) is 1. The van der Waals surface area contributed by atoms with Gasteiger partial charge in [-0.3, -0.25) is 14.5 Å². The molecular weight excluding hydrogens is 309 g/mol. The summed E-state index contributed by atoms with van der Waals surface area (Å²) in [5, 5.41) is 2.68. The van der Waals surface area contributed by atoms with E-state index in [1.54, 1.807) is 6.92 Å². The van der Waals surface area contributed by atoms with Crippen molar-refractivity contribution in [2.45, 2.75) is 25.8 Å². The van der Waals surface area contributed by atoms with Crippen LogP contribution in [0.5, 0.6) is 0 Å². The second kappa shape index (κ2) is 7.07. The van der Waals surface area contributed by atoms with Crippen LogP contribution in [0.1, 0.15) is 19.8 Å². The predicted molar refractivity (Wildman–Crippen MR) is 83.0 cm³/mol. The van der Waals surface area contributed by atoms with Gasteiger partial charge in [-0.15, -0.1) is 0 Å². The van der Waals surface area contributed by atoms with E-state index >= 15 is 0 Å². The van der Waals surface area contributed by atoms with E-state index in [-0.39, 0.29) is 28.8 Å². The number of nitrogens with zero attached hydrogens (tertiary/aromatic N) is 1. The van der Waals surface area contributed by atoms with Gasteiger partial charge >= 0.3 is 0 Å². The van der Waals surface area contributed by atoms with Crippen LogP contribution in [-0.2, 0) is 9.59 Å². The molecule has 0 bridgehead atoms. The second-order valence-corrected chi connectivity index (χ2v) is 5.91. The summed E-state index contributed by atoms with van der Waals surface area (Å²) in [7, 11) is 0. The number of nitrogens with one attached hydrogen (secondary N) is 1. The summed E-state index contributed by atoms with van der Waals surface area (Å²) in [6.45, 7) is 3.09. The SMILES string of the molecule is C[C@H](C(=O)Nc1ccc(F)c(Cl)c1)N1CCC(C(N)=O)CC1. The Hall–Kier alpha value is -1.66. The summed E-state index contributed by atoms with van der Waals surface area (Å²) in [4.78, 5) is 25.4. The Labute approximate surface area is 133 Å². The van der Waals surface area contributed by atoms with Crippen LogP contribution in [0.15, 0.2) is 18.2 Å². The first-order chi connectivity index (χ1) is 10.4. The van der Waals surface area contributed by atoms with Gasteiger partial charge in [0, 0.05) is 11.6 Å². The van der Waals surface area contributed by atoms with Crippen LogP contribution >= 0.6 is 11.6 Å². The van der Waals surface area contributed by atoms with Crippen LogP contribution < -0.4 is 11.1 Å². The van der Waals surface area contributed by atoms with Gasteiger partial charge in [0.25, 0.3) is 0 Å². The van der Waals surface area contributed by atoms with Gasteiger partial charge < -0.3 is 11.1 Å². The Kier molecular flexibility index (Phi) is 5.37. The number of carbonyl (C=O) groups excluding carboxylic acids is 2. The summed E-state index contributed by atoms with van der Waals surface area (Å²) in [5.74, 6) is -1.11. The number of anilines is 1. The first-order valence-electron chi connectivity index (χ1n) is 7.17. The van der Waals surface area contributed by atoms with Gasteiger partial charge in [0.1, 0.15) is 5.82 Å². The molecule has 5 nitrogen and oxygen atoms in total. The molecule has 120 valence electrons. The first kappa shape index (κ1) is 16.7. The van der Waals surface area contributed by atoms with Gasteiger partial charge in [-0.2, -0.15) is 0 Å². The van der Waals surface area contributed by atoms with E-state index in [2.05, 4.69) is 5.32 Å². The number of carbonyl (C=O) groups is 2. The van der Waals surface area contributed by atoms with E-state index in [0.717, 1.165) is 0 Å². The Morgan fingerprint density at radius 3 is 2.59 bits per heavy atom. The number of piperidine rings is 1. The standard InChI is InChI=1S/C15H19ClFN3O2/c1-9(20-6-4-10(5-7-20)14(18)21)15(22)19-11-2-3-13(17)12(16)8-11/h2-3,8-10H,4-7H2,1H3,(H2,18,21)(H,19,22)/t9-/m1/s1. The minimum absolute atomic E-state index is 0.0345. The first-order valence-corrected chi connectivity index (χ1v) is 7.55. The average molecular weight is 328 g/mol. The molecule has 1 saturated heterocycles. The lowest BCUT2D eigenvalue weighted by Crippen LogP contribution is -2.47. The van der Waals surface area contributed by atoms with Crippen LogP contribution in [0.4, 0.5) is 10.1 Å². The summed E-state index contributed by atoms with van der Waals surface area (Å²) in [5.41, 5.74) is 5.75. The number of nitrogens with two attached hydrogens (primary N) is 1. The molecule has 1 fully saturated rings. The van der Waals surface area contributed by atoms with Crippen molar-refractivity contribution in [2.24, 2.45) is 11.7 Å². The van der Waals surface area contributed by atoms with Crippen LogP contribution in [-0.4, -0.2) is 35.8 Å². The van der Waals surface area contributed by atoms with E-state index in [1.165, 1.54) is 18.2 Å².